The fraction of sp³-hybridized carbons (Fsp3) is 0.133. The molecule has 0 saturated heterocycles. The molecule has 0 aliphatic carbocycles. The van der Waals surface area contributed by atoms with Crippen molar-refractivity contribution in [3.8, 4) is 5.75 Å². The number of ether oxygens (including phenoxy) is 1. The van der Waals surface area contributed by atoms with Crippen molar-refractivity contribution >= 4 is 40.6 Å². The molecule has 5 rings (SSSR count). The van der Waals surface area contributed by atoms with Crippen LogP contribution >= 0.6 is 11.8 Å². The van der Waals surface area contributed by atoms with Crippen LogP contribution in [0.25, 0.3) is 0 Å². The third kappa shape index (κ3) is 5.61. The van der Waals surface area contributed by atoms with Gasteiger partial charge in [0.2, 0.25) is 5.91 Å². The minimum absolute atomic E-state index is 0.0208. The molecular weight excluding hydrogens is 468 g/mol. The van der Waals surface area contributed by atoms with Crippen molar-refractivity contribution < 1.29 is 14.3 Å². The number of benzene rings is 4. The Hall–Kier alpha value is -4.03. The Morgan fingerprint density at radius 1 is 0.778 bits per heavy atom. The summed E-state index contributed by atoms with van der Waals surface area (Å²) in [6.45, 7) is -0.0757. The number of nitrogens with zero attached hydrogens (tertiary/aromatic N) is 1. The fourth-order valence-electron chi connectivity index (χ4n) is 4.28. The average Bonchev–Trinajstić information content (AvgIpc) is 3.08. The van der Waals surface area contributed by atoms with Crippen molar-refractivity contribution in [2.24, 2.45) is 0 Å². The second-order valence-corrected chi connectivity index (χ2v) is 9.50. The summed E-state index contributed by atoms with van der Waals surface area (Å²) in [7, 11) is 0. The minimum atomic E-state index is -0.241. The summed E-state index contributed by atoms with van der Waals surface area (Å²) in [5.41, 5.74) is 4.92. The van der Waals surface area contributed by atoms with E-state index in [0.717, 1.165) is 29.1 Å². The lowest BCUT2D eigenvalue weighted by molar-refractivity contribution is -0.118. The Labute approximate surface area is 215 Å². The lowest BCUT2D eigenvalue weighted by Gasteiger charge is -2.25. The summed E-state index contributed by atoms with van der Waals surface area (Å²) < 4.78 is 5.52. The first kappa shape index (κ1) is 23.7. The zero-order valence-electron chi connectivity index (χ0n) is 19.7. The summed E-state index contributed by atoms with van der Waals surface area (Å²) in [4.78, 5) is 28.6. The number of fused-ring (bicyclic) bond motifs is 2. The number of amides is 2. The molecule has 0 atom stereocenters. The van der Waals surface area contributed by atoms with E-state index in [1.807, 2.05) is 95.9 Å². The molecule has 6 heteroatoms. The summed E-state index contributed by atoms with van der Waals surface area (Å²) in [6, 6.07) is 33.0. The van der Waals surface area contributed by atoms with Gasteiger partial charge in [0.1, 0.15) is 5.75 Å². The highest BCUT2D eigenvalue weighted by molar-refractivity contribution is 8.00. The van der Waals surface area contributed by atoms with Crippen molar-refractivity contribution in [1.82, 2.24) is 0 Å². The van der Waals surface area contributed by atoms with Crippen LogP contribution in [0, 0.1) is 0 Å². The van der Waals surface area contributed by atoms with Gasteiger partial charge in [0, 0.05) is 10.6 Å². The van der Waals surface area contributed by atoms with Crippen LogP contribution < -0.4 is 15.0 Å². The molecule has 1 aliphatic rings. The molecule has 180 valence electrons. The lowest BCUT2D eigenvalue weighted by atomic mass is 10.0. The van der Waals surface area contributed by atoms with E-state index in [1.165, 1.54) is 22.9 Å². The topological polar surface area (TPSA) is 58.6 Å². The largest absolute Gasteiger partial charge is 0.484 e. The van der Waals surface area contributed by atoms with Crippen LogP contribution in [-0.2, 0) is 22.4 Å². The first-order chi connectivity index (χ1) is 17.7. The number of thioether (sulfide) groups is 1. The number of hydrogen-bond donors (Lipinski definition) is 1. The number of nitrogens with one attached hydrogen (secondary N) is 1. The van der Waals surface area contributed by atoms with Gasteiger partial charge in [0.05, 0.1) is 17.1 Å². The highest BCUT2D eigenvalue weighted by atomic mass is 32.2. The predicted octanol–water partition coefficient (Wildman–Crippen LogP) is 6.26. The standard InChI is InChI=1S/C30H26N2O3S/c33-29(20-35-25-12-2-1-3-13-25)31-24-11-8-14-26(19-24)36-21-30(34)32-27-15-6-4-9-22(27)17-18-23-10-5-7-16-28(23)32/h1-16,19H,17-18,20-21H2,(H,31,33). The van der Waals surface area contributed by atoms with Gasteiger partial charge in [-0.2, -0.15) is 0 Å². The van der Waals surface area contributed by atoms with Crippen LogP contribution in [0.1, 0.15) is 11.1 Å². The third-order valence-corrected chi connectivity index (χ3v) is 6.95. The van der Waals surface area contributed by atoms with Gasteiger partial charge < -0.3 is 10.1 Å². The quantitative estimate of drug-likeness (QED) is 0.308. The molecule has 4 aromatic rings. The molecule has 36 heavy (non-hydrogen) atoms. The molecule has 0 fully saturated rings. The van der Waals surface area contributed by atoms with E-state index in [4.69, 9.17) is 4.74 Å². The fourth-order valence-corrected chi connectivity index (χ4v) is 5.09. The van der Waals surface area contributed by atoms with E-state index in [2.05, 4.69) is 17.4 Å². The van der Waals surface area contributed by atoms with Crippen LogP contribution in [0.2, 0.25) is 0 Å². The van der Waals surface area contributed by atoms with Crippen molar-refractivity contribution in [3.63, 3.8) is 0 Å². The van der Waals surface area contributed by atoms with Crippen molar-refractivity contribution in [2.45, 2.75) is 17.7 Å². The molecule has 0 unspecified atom stereocenters. The van der Waals surface area contributed by atoms with Gasteiger partial charge in [0.25, 0.3) is 5.91 Å². The minimum Gasteiger partial charge on any atom is -0.484 e. The number of aryl methyl sites for hydroxylation is 2. The van der Waals surface area contributed by atoms with Crippen molar-refractivity contribution in [3.05, 3.63) is 114 Å². The Morgan fingerprint density at radius 2 is 1.42 bits per heavy atom. The maximum atomic E-state index is 13.6. The van der Waals surface area contributed by atoms with Gasteiger partial charge >= 0.3 is 0 Å². The SMILES string of the molecule is O=C(COc1ccccc1)Nc1cccc(SCC(=O)N2c3ccccc3CCc3ccccc32)c1. The molecule has 1 N–H and O–H groups in total. The summed E-state index contributed by atoms with van der Waals surface area (Å²) >= 11 is 1.46. The zero-order chi connectivity index (χ0) is 24.7. The van der Waals surface area contributed by atoms with Gasteiger partial charge in [-0.05, 0) is 66.4 Å². The molecule has 0 bridgehead atoms. The number of rotatable bonds is 7. The Kier molecular flexibility index (Phi) is 7.33. The first-order valence-electron chi connectivity index (χ1n) is 11.9. The smallest absolute Gasteiger partial charge is 0.262 e. The summed E-state index contributed by atoms with van der Waals surface area (Å²) in [5.74, 6) is 0.700. The van der Waals surface area contributed by atoms with Crippen LogP contribution in [0.15, 0.2) is 108 Å². The number of hydrogen-bond acceptors (Lipinski definition) is 4. The van der Waals surface area contributed by atoms with Crippen LogP contribution in [0.5, 0.6) is 5.75 Å². The molecule has 2 amide bonds. The molecule has 1 heterocycles. The van der Waals surface area contributed by atoms with Crippen LogP contribution in [0.3, 0.4) is 0 Å². The molecule has 5 nitrogen and oxygen atoms in total. The zero-order valence-corrected chi connectivity index (χ0v) is 20.5. The third-order valence-electron chi connectivity index (χ3n) is 5.97. The second kappa shape index (κ2) is 11.1. The van der Waals surface area contributed by atoms with Gasteiger partial charge in [-0.1, -0.05) is 60.7 Å². The van der Waals surface area contributed by atoms with E-state index in [9.17, 15) is 9.59 Å². The molecule has 0 radical (unpaired) electrons. The highest BCUT2D eigenvalue weighted by Gasteiger charge is 2.25. The maximum Gasteiger partial charge on any atom is 0.262 e. The second-order valence-electron chi connectivity index (χ2n) is 8.45. The van der Waals surface area contributed by atoms with Crippen molar-refractivity contribution in [1.29, 1.82) is 0 Å². The van der Waals surface area contributed by atoms with E-state index >= 15 is 0 Å². The van der Waals surface area contributed by atoms with Crippen molar-refractivity contribution in [2.75, 3.05) is 22.6 Å². The number of carbonyl (C=O) groups is 2. The Morgan fingerprint density at radius 3 is 2.11 bits per heavy atom. The number of anilines is 3. The molecule has 0 saturated carbocycles. The first-order valence-corrected chi connectivity index (χ1v) is 12.9. The average molecular weight is 495 g/mol. The van der Waals surface area contributed by atoms with Gasteiger partial charge in [-0.25, -0.2) is 0 Å². The van der Waals surface area contributed by atoms with Crippen LogP contribution in [-0.4, -0.2) is 24.2 Å². The van der Waals surface area contributed by atoms with E-state index in [0.29, 0.717) is 11.4 Å². The summed E-state index contributed by atoms with van der Waals surface area (Å²) in [6.07, 6.45) is 1.81. The molecule has 1 aliphatic heterocycles. The van der Waals surface area contributed by atoms with Gasteiger partial charge in [0.15, 0.2) is 6.61 Å². The summed E-state index contributed by atoms with van der Waals surface area (Å²) in [5, 5.41) is 2.87. The normalized spacial score (nSPS) is 12.2. The van der Waals surface area contributed by atoms with Gasteiger partial charge in [-0.15, -0.1) is 11.8 Å². The molecule has 0 spiro atoms. The van der Waals surface area contributed by atoms with Crippen LogP contribution in [0.4, 0.5) is 17.1 Å². The monoisotopic (exact) mass is 494 g/mol. The van der Waals surface area contributed by atoms with E-state index in [-0.39, 0.29) is 24.2 Å². The Bertz CT molecular complexity index is 1330. The van der Waals surface area contributed by atoms with Gasteiger partial charge in [-0.3, -0.25) is 14.5 Å². The lowest BCUT2D eigenvalue weighted by Crippen LogP contribution is -2.28. The highest BCUT2D eigenvalue weighted by Crippen LogP contribution is 2.36. The number of carbonyl (C=O) groups excluding carboxylic acids is 2. The molecular formula is C30H26N2O3S. The predicted molar refractivity (Wildman–Crippen MR) is 145 cm³/mol. The molecule has 0 aromatic heterocycles. The van der Waals surface area contributed by atoms with E-state index < -0.39 is 0 Å². The Balaban J connectivity index is 1.25. The molecule has 4 aromatic carbocycles. The maximum absolute atomic E-state index is 13.6. The van der Waals surface area contributed by atoms with E-state index in [1.54, 1.807) is 0 Å². The number of para-hydroxylation sites is 3.